The number of hydrogen-bond donors (Lipinski definition) is 1. The molecule has 9 heavy (non-hydrogen) atoms. The summed E-state index contributed by atoms with van der Waals surface area (Å²) >= 11 is 0. The first kappa shape index (κ1) is 7.17. The maximum atomic E-state index is 10.4. The lowest BCUT2D eigenvalue weighted by Gasteiger charge is -2.22. The van der Waals surface area contributed by atoms with Crippen molar-refractivity contribution in [1.29, 1.82) is 0 Å². The molecule has 3 heteroatoms. The normalized spacial score (nSPS) is 37.0. The van der Waals surface area contributed by atoms with Crippen molar-refractivity contribution in [3.8, 4) is 0 Å². The van der Waals surface area contributed by atoms with Crippen LogP contribution in [0.4, 0.5) is 0 Å². The highest BCUT2D eigenvalue weighted by atomic mass is 31.1. The summed E-state index contributed by atoms with van der Waals surface area (Å²) in [6.07, 6.45) is 1.11. The van der Waals surface area contributed by atoms with Crippen LogP contribution in [0.1, 0.15) is 13.3 Å². The van der Waals surface area contributed by atoms with Crippen molar-refractivity contribution in [1.82, 2.24) is 5.32 Å². The Morgan fingerprint density at radius 2 is 2.33 bits per heavy atom. The van der Waals surface area contributed by atoms with E-state index in [-0.39, 0.29) is 0 Å². The number of nitrogens with one attached hydrogen (secondary N) is 1. The standard InChI is InChI=1S/C6H12NOP/c1-5-2-6(9-8)4-7-3-5/h5-7H,2-4H2,1H3. The molecule has 1 aliphatic heterocycles. The second kappa shape index (κ2) is 3.28. The van der Waals surface area contributed by atoms with Crippen molar-refractivity contribution in [3.05, 3.63) is 0 Å². The molecule has 0 aromatic rings. The Kier molecular flexibility index (Phi) is 2.62. The van der Waals surface area contributed by atoms with Gasteiger partial charge in [-0.2, -0.15) is 0 Å². The summed E-state index contributed by atoms with van der Waals surface area (Å²) in [5, 5.41) is 3.23. The summed E-state index contributed by atoms with van der Waals surface area (Å²) in [4.78, 5) is 0. The first-order chi connectivity index (χ1) is 4.33. The number of hydrogen-bond acceptors (Lipinski definition) is 2. The summed E-state index contributed by atoms with van der Waals surface area (Å²) in [6.45, 7) is 4.20. The van der Waals surface area contributed by atoms with Crippen LogP contribution in [0.2, 0.25) is 0 Å². The molecule has 2 nitrogen and oxygen atoms in total. The molecule has 0 spiro atoms. The summed E-state index contributed by atoms with van der Waals surface area (Å²) in [5.74, 6) is 0.699. The zero-order chi connectivity index (χ0) is 6.69. The third-order valence-electron chi connectivity index (χ3n) is 1.70. The van der Waals surface area contributed by atoms with Gasteiger partial charge in [-0.15, -0.1) is 0 Å². The molecule has 1 N–H and O–H groups in total. The summed E-state index contributed by atoms with van der Waals surface area (Å²) < 4.78 is 10.4. The van der Waals surface area contributed by atoms with Gasteiger partial charge in [0.05, 0.1) is 5.66 Å². The Hall–Kier alpha value is 0.0600. The highest BCUT2D eigenvalue weighted by Crippen LogP contribution is 2.18. The van der Waals surface area contributed by atoms with E-state index >= 15 is 0 Å². The average molecular weight is 145 g/mol. The molecular weight excluding hydrogens is 133 g/mol. The van der Waals surface area contributed by atoms with E-state index < -0.39 is 0 Å². The van der Waals surface area contributed by atoms with E-state index in [2.05, 4.69) is 12.2 Å². The maximum absolute atomic E-state index is 10.4. The monoisotopic (exact) mass is 145 g/mol. The molecule has 0 amide bonds. The first-order valence-corrected chi connectivity index (χ1v) is 4.24. The smallest absolute Gasteiger partial charge is 0.160 e. The zero-order valence-corrected chi connectivity index (χ0v) is 6.53. The van der Waals surface area contributed by atoms with Crippen LogP contribution < -0.4 is 5.32 Å². The van der Waals surface area contributed by atoms with Crippen molar-refractivity contribution >= 4 is 8.46 Å². The molecule has 0 bridgehead atoms. The minimum atomic E-state index is 0.309. The van der Waals surface area contributed by atoms with Gasteiger partial charge in [-0.05, 0) is 18.9 Å². The van der Waals surface area contributed by atoms with Crippen LogP contribution in [0.25, 0.3) is 0 Å². The van der Waals surface area contributed by atoms with Crippen molar-refractivity contribution in [2.75, 3.05) is 13.1 Å². The Morgan fingerprint density at radius 3 is 2.78 bits per heavy atom. The minimum Gasteiger partial charge on any atom is -0.315 e. The van der Waals surface area contributed by atoms with E-state index in [0.29, 0.717) is 20.0 Å². The lowest BCUT2D eigenvalue weighted by Crippen LogP contribution is -2.35. The van der Waals surface area contributed by atoms with Crippen LogP contribution in [-0.2, 0) is 4.57 Å². The fraction of sp³-hybridized carbons (Fsp3) is 1.00. The molecule has 1 rings (SSSR count). The molecule has 1 aliphatic rings. The van der Waals surface area contributed by atoms with Crippen LogP contribution >= 0.6 is 8.46 Å². The Labute approximate surface area is 57.2 Å². The van der Waals surface area contributed by atoms with E-state index in [9.17, 15) is 4.57 Å². The van der Waals surface area contributed by atoms with Gasteiger partial charge in [-0.25, -0.2) is 0 Å². The molecule has 2 unspecified atom stereocenters. The highest BCUT2D eigenvalue weighted by Gasteiger charge is 2.17. The summed E-state index contributed by atoms with van der Waals surface area (Å²) in [5.41, 5.74) is 0.369. The van der Waals surface area contributed by atoms with Gasteiger partial charge in [0.25, 0.3) is 0 Å². The van der Waals surface area contributed by atoms with E-state index in [1.807, 2.05) is 0 Å². The van der Waals surface area contributed by atoms with Crippen LogP contribution in [0.5, 0.6) is 0 Å². The molecule has 2 atom stereocenters. The first-order valence-electron chi connectivity index (χ1n) is 3.36. The molecular formula is C6H12NOP. The van der Waals surface area contributed by atoms with E-state index in [4.69, 9.17) is 0 Å². The minimum absolute atomic E-state index is 0.309. The number of piperidine rings is 1. The average Bonchev–Trinajstić information content (AvgIpc) is 1.88. The fourth-order valence-corrected chi connectivity index (χ4v) is 1.86. The molecule has 1 fully saturated rings. The third-order valence-corrected chi connectivity index (χ3v) is 2.39. The summed E-state index contributed by atoms with van der Waals surface area (Å²) in [7, 11) is 0.309. The third kappa shape index (κ3) is 2.04. The second-order valence-electron chi connectivity index (χ2n) is 2.76. The molecule has 0 aromatic heterocycles. The van der Waals surface area contributed by atoms with Gasteiger partial charge in [0.15, 0.2) is 8.46 Å². The lowest BCUT2D eigenvalue weighted by atomic mass is 10.0. The van der Waals surface area contributed by atoms with Gasteiger partial charge in [0, 0.05) is 6.54 Å². The lowest BCUT2D eigenvalue weighted by molar-refractivity contribution is 0.407. The van der Waals surface area contributed by atoms with E-state index in [1.165, 1.54) is 0 Å². The van der Waals surface area contributed by atoms with Gasteiger partial charge >= 0.3 is 0 Å². The SMILES string of the molecule is CC1CNCC(P=O)C1. The fourth-order valence-electron chi connectivity index (χ4n) is 1.21. The topological polar surface area (TPSA) is 29.1 Å². The predicted molar refractivity (Wildman–Crippen MR) is 38.0 cm³/mol. The van der Waals surface area contributed by atoms with Crippen LogP contribution in [0.3, 0.4) is 0 Å². The molecule has 1 saturated heterocycles. The summed E-state index contributed by atoms with van der Waals surface area (Å²) in [6, 6.07) is 0. The van der Waals surface area contributed by atoms with Crippen molar-refractivity contribution in [3.63, 3.8) is 0 Å². The molecule has 0 radical (unpaired) electrons. The Bertz CT molecular complexity index is 107. The van der Waals surface area contributed by atoms with Crippen molar-refractivity contribution < 1.29 is 4.57 Å². The maximum Gasteiger partial charge on any atom is 0.160 e. The number of rotatable bonds is 1. The predicted octanol–water partition coefficient (Wildman–Crippen LogP) is 1.28. The van der Waals surface area contributed by atoms with Gasteiger partial charge < -0.3 is 5.32 Å². The van der Waals surface area contributed by atoms with Gasteiger partial charge in [-0.1, -0.05) is 6.92 Å². The van der Waals surface area contributed by atoms with Gasteiger partial charge in [-0.3, -0.25) is 4.57 Å². The quantitative estimate of drug-likeness (QED) is 0.563. The Balaban J connectivity index is 2.31. The molecule has 1 heterocycles. The highest BCUT2D eigenvalue weighted by molar-refractivity contribution is 7.24. The molecule has 0 aliphatic carbocycles. The molecule has 0 saturated carbocycles. The van der Waals surface area contributed by atoms with Crippen LogP contribution in [-0.4, -0.2) is 18.7 Å². The van der Waals surface area contributed by atoms with E-state index in [0.717, 1.165) is 19.5 Å². The zero-order valence-electron chi connectivity index (χ0n) is 5.63. The Morgan fingerprint density at radius 1 is 1.56 bits per heavy atom. The van der Waals surface area contributed by atoms with Crippen LogP contribution in [0.15, 0.2) is 0 Å². The van der Waals surface area contributed by atoms with Gasteiger partial charge in [0.2, 0.25) is 0 Å². The van der Waals surface area contributed by atoms with E-state index in [1.54, 1.807) is 0 Å². The largest absolute Gasteiger partial charge is 0.315 e. The van der Waals surface area contributed by atoms with Crippen molar-refractivity contribution in [2.24, 2.45) is 5.92 Å². The molecule has 52 valence electrons. The molecule has 0 aromatic carbocycles. The second-order valence-corrected chi connectivity index (χ2v) is 3.70. The van der Waals surface area contributed by atoms with Crippen molar-refractivity contribution in [2.45, 2.75) is 19.0 Å². The van der Waals surface area contributed by atoms with Crippen LogP contribution in [0, 0.1) is 5.92 Å². The van der Waals surface area contributed by atoms with Gasteiger partial charge in [0.1, 0.15) is 0 Å².